The molecule has 1 unspecified atom stereocenters. The molecule has 28 heavy (non-hydrogen) atoms. The molecule has 0 aromatic heterocycles. The van der Waals surface area contributed by atoms with Crippen LogP contribution in [0.4, 0.5) is 10.1 Å². The van der Waals surface area contributed by atoms with E-state index in [-0.39, 0.29) is 17.5 Å². The zero-order valence-corrected chi connectivity index (χ0v) is 17.0. The molecule has 0 radical (unpaired) electrons. The standard InChI is InChI=1S/C20H26FN3O3S/c1-23(2)17-9-7-16(8-10-17)19(24-11-13-27-14-12-24)15-22-28(25,26)20-6-4-3-5-18(20)21/h3-10,19,22H,11-15H2,1-2H3. The quantitative estimate of drug-likeness (QED) is 0.763. The predicted octanol–water partition coefficient (Wildman–Crippen LogP) is 2.24. The highest BCUT2D eigenvalue weighted by molar-refractivity contribution is 7.89. The van der Waals surface area contributed by atoms with Gasteiger partial charge in [-0.1, -0.05) is 24.3 Å². The predicted molar refractivity (Wildman–Crippen MR) is 107 cm³/mol. The number of anilines is 1. The van der Waals surface area contributed by atoms with E-state index in [1.807, 2.05) is 43.3 Å². The van der Waals surface area contributed by atoms with Gasteiger partial charge in [0.15, 0.2) is 0 Å². The van der Waals surface area contributed by atoms with Crippen LogP contribution >= 0.6 is 0 Å². The second kappa shape index (κ2) is 9.00. The molecule has 1 N–H and O–H groups in total. The van der Waals surface area contributed by atoms with Crippen molar-refractivity contribution in [3.05, 3.63) is 59.9 Å². The van der Waals surface area contributed by atoms with Gasteiger partial charge in [0.1, 0.15) is 10.7 Å². The highest BCUT2D eigenvalue weighted by Crippen LogP contribution is 2.24. The molecule has 2 aromatic rings. The molecule has 0 bridgehead atoms. The van der Waals surface area contributed by atoms with Crippen molar-refractivity contribution in [1.82, 2.24) is 9.62 Å². The number of halogens is 1. The van der Waals surface area contributed by atoms with Crippen molar-refractivity contribution in [1.29, 1.82) is 0 Å². The maximum Gasteiger partial charge on any atom is 0.243 e. The Hall–Kier alpha value is -2.00. The Morgan fingerprint density at radius 1 is 1.11 bits per heavy atom. The number of morpholine rings is 1. The fraction of sp³-hybridized carbons (Fsp3) is 0.400. The van der Waals surface area contributed by atoms with Crippen LogP contribution in [0.3, 0.4) is 0 Å². The highest BCUT2D eigenvalue weighted by Gasteiger charge is 2.26. The number of sulfonamides is 1. The third-order valence-corrected chi connectivity index (χ3v) is 6.33. The maximum absolute atomic E-state index is 14.0. The van der Waals surface area contributed by atoms with Gasteiger partial charge in [0.2, 0.25) is 10.0 Å². The highest BCUT2D eigenvalue weighted by atomic mass is 32.2. The first-order valence-electron chi connectivity index (χ1n) is 9.22. The van der Waals surface area contributed by atoms with Crippen molar-refractivity contribution >= 4 is 15.7 Å². The lowest BCUT2D eigenvalue weighted by Crippen LogP contribution is -2.43. The molecule has 1 atom stereocenters. The van der Waals surface area contributed by atoms with Crippen molar-refractivity contribution in [3.63, 3.8) is 0 Å². The number of hydrogen-bond donors (Lipinski definition) is 1. The first-order valence-corrected chi connectivity index (χ1v) is 10.7. The molecular formula is C20H26FN3O3S. The Labute approximate surface area is 166 Å². The number of ether oxygens (including phenoxy) is 1. The molecule has 0 saturated carbocycles. The molecule has 0 aliphatic carbocycles. The van der Waals surface area contributed by atoms with Crippen LogP contribution in [-0.4, -0.2) is 60.3 Å². The van der Waals surface area contributed by atoms with Crippen LogP contribution in [0.1, 0.15) is 11.6 Å². The number of hydrogen-bond acceptors (Lipinski definition) is 5. The maximum atomic E-state index is 14.0. The minimum atomic E-state index is -3.95. The summed E-state index contributed by atoms with van der Waals surface area (Å²) in [6, 6.07) is 13.3. The van der Waals surface area contributed by atoms with Crippen LogP contribution in [0.2, 0.25) is 0 Å². The van der Waals surface area contributed by atoms with Crippen molar-refractivity contribution < 1.29 is 17.5 Å². The molecule has 6 nitrogen and oxygen atoms in total. The van der Waals surface area contributed by atoms with Gasteiger partial charge in [-0.3, -0.25) is 4.90 Å². The van der Waals surface area contributed by atoms with Crippen LogP contribution in [0.5, 0.6) is 0 Å². The van der Waals surface area contributed by atoms with Gasteiger partial charge in [-0.2, -0.15) is 0 Å². The summed E-state index contributed by atoms with van der Waals surface area (Å²) in [5.41, 5.74) is 2.07. The minimum Gasteiger partial charge on any atom is -0.379 e. The molecule has 1 aliphatic rings. The molecule has 3 rings (SSSR count). The largest absolute Gasteiger partial charge is 0.379 e. The Bertz CT molecular complexity index is 882. The summed E-state index contributed by atoms with van der Waals surface area (Å²) >= 11 is 0. The summed E-state index contributed by atoms with van der Waals surface area (Å²) in [4.78, 5) is 3.87. The van der Waals surface area contributed by atoms with Gasteiger partial charge in [0.05, 0.1) is 13.2 Å². The Morgan fingerprint density at radius 3 is 2.36 bits per heavy atom. The molecule has 2 aromatic carbocycles. The first-order chi connectivity index (χ1) is 13.4. The lowest BCUT2D eigenvalue weighted by atomic mass is 10.0. The molecule has 1 heterocycles. The molecule has 1 aliphatic heterocycles. The van der Waals surface area contributed by atoms with Crippen LogP contribution in [0.25, 0.3) is 0 Å². The first kappa shape index (κ1) is 20.7. The van der Waals surface area contributed by atoms with Crippen LogP contribution < -0.4 is 9.62 Å². The van der Waals surface area contributed by atoms with Gasteiger partial charge in [0.25, 0.3) is 0 Å². The summed E-state index contributed by atoms with van der Waals surface area (Å²) in [5.74, 6) is -0.756. The Balaban J connectivity index is 1.82. The van der Waals surface area contributed by atoms with Crippen LogP contribution in [0.15, 0.2) is 53.4 Å². The fourth-order valence-corrected chi connectivity index (χ4v) is 4.39. The van der Waals surface area contributed by atoms with E-state index in [1.54, 1.807) is 0 Å². The lowest BCUT2D eigenvalue weighted by Gasteiger charge is -2.35. The van der Waals surface area contributed by atoms with Gasteiger partial charge >= 0.3 is 0 Å². The molecule has 152 valence electrons. The average molecular weight is 408 g/mol. The number of benzene rings is 2. The molecule has 1 saturated heterocycles. The van der Waals surface area contributed by atoms with E-state index in [0.29, 0.717) is 26.3 Å². The lowest BCUT2D eigenvalue weighted by molar-refractivity contribution is 0.0172. The fourth-order valence-electron chi connectivity index (χ4n) is 3.27. The third-order valence-electron chi connectivity index (χ3n) is 4.87. The zero-order valence-electron chi connectivity index (χ0n) is 16.1. The van der Waals surface area contributed by atoms with Crippen molar-refractivity contribution in [2.24, 2.45) is 0 Å². The smallest absolute Gasteiger partial charge is 0.243 e. The molecular weight excluding hydrogens is 381 g/mol. The van der Waals surface area contributed by atoms with Gasteiger partial charge < -0.3 is 9.64 Å². The Morgan fingerprint density at radius 2 is 1.75 bits per heavy atom. The molecule has 0 amide bonds. The average Bonchev–Trinajstić information content (AvgIpc) is 2.69. The zero-order chi connectivity index (χ0) is 20.1. The van der Waals surface area contributed by atoms with E-state index in [1.165, 1.54) is 18.2 Å². The monoisotopic (exact) mass is 407 g/mol. The van der Waals surface area contributed by atoms with Gasteiger partial charge in [-0.15, -0.1) is 0 Å². The van der Waals surface area contributed by atoms with Gasteiger partial charge in [0, 0.05) is 45.5 Å². The summed E-state index contributed by atoms with van der Waals surface area (Å²) in [7, 11) is -0.00694. The summed E-state index contributed by atoms with van der Waals surface area (Å²) in [6.45, 7) is 2.78. The van der Waals surface area contributed by atoms with Gasteiger partial charge in [-0.25, -0.2) is 17.5 Å². The number of rotatable bonds is 7. The normalized spacial score (nSPS) is 16.7. The summed E-state index contributed by atoms with van der Waals surface area (Å²) < 4.78 is 47.2. The van der Waals surface area contributed by atoms with E-state index in [9.17, 15) is 12.8 Å². The molecule has 8 heteroatoms. The van der Waals surface area contributed by atoms with Crippen molar-refractivity contribution in [2.45, 2.75) is 10.9 Å². The van der Waals surface area contributed by atoms with E-state index in [0.717, 1.165) is 17.3 Å². The molecule has 1 fully saturated rings. The summed E-state index contributed by atoms with van der Waals surface area (Å²) in [6.07, 6.45) is 0. The summed E-state index contributed by atoms with van der Waals surface area (Å²) in [5, 5.41) is 0. The minimum absolute atomic E-state index is 0.151. The van der Waals surface area contributed by atoms with Crippen molar-refractivity contribution in [3.8, 4) is 0 Å². The topological polar surface area (TPSA) is 61.9 Å². The van der Waals surface area contributed by atoms with E-state index in [2.05, 4.69) is 9.62 Å². The van der Waals surface area contributed by atoms with E-state index in [4.69, 9.17) is 4.74 Å². The van der Waals surface area contributed by atoms with Crippen LogP contribution in [0, 0.1) is 5.82 Å². The molecule has 0 spiro atoms. The third kappa shape index (κ3) is 4.88. The second-order valence-corrected chi connectivity index (χ2v) is 8.67. The van der Waals surface area contributed by atoms with Crippen LogP contribution in [-0.2, 0) is 14.8 Å². The van der Waals surface area contributed by atoms with E-state index < -0.39 is 15.8 Å². The number of nitrogens with one attached hydrogen (secondary N) is 1. The second-order valence-electron chi connectivity index (χ2n) is 6.93. The number of nitrogens with zero attached hydrogens (tertiary/aromatic N) is 2. The van der Waals surface area contributed by atoms with Gasteiger partial charge in [-0.05, 0) is 29.8 Å². The van der Waals surface area contributed by atoms with E-state index >= 15 is 0 Å². The Kier molecular flexibility index (Phi) is 6.66. The SMILES string of the molecule is CN(C)c1ccc(C(CNS(=O)(=O)c2ccccc2F)N2CCOCC2)cc1. The van der Waals surface area contributed by atoms with Crippen molar-refractivity contribution in [2.75, 3.05) is 51.8 Å².